The first-order valence-electron chi connectivity index (χ1n) is 12.2. The Morgan fingerprint density at radius 2 is 1.97 bits per heavy atom. The summed E-state index contributed by atoms with van der Waals surface area (Å²) in [6, 6.07) is 16.6. The number of ether oxygens (including phenoxy) is 2. The van der Waals surface area contributed by atoms with E-state index in [1.165, 1.54) is 23.1 Å². The number of nitriles is 1. The maximum absolute atomic E-state index is 13.4. The molecule has 3 aromatic rings. The molecular weight excluding hydrogens is 534 g/mol. The molecule has 0 saturated carbocycles. The van der Waals surface area contributed by atoms with Gasteiger partial charge in [-0.2, -0.15) is 5.26 Å². The van der Waals surface area contributed by atoms with Crippen molar-refractivity contribution in [1.82, 2.24) is 10.2 Å². The fraction of sp³-hybridized carbons (Fsp3) is 0.250. The minimum atomic E-state index is -0.704. The third-order valence-corrected chi connectivity index (χ3v) is 8.71. The van der Waals surface area contributed by atoms with E-state index in [0.29, 0.717) is 62.6 Å². The van der Waals surface area contributed by atoms with Crippen LogP contribution in [-0.4, -0.2) is 41.7 Å². The molecule has 11 heteroatoms. The highest BCUT2D eigenvalue weighted by Crippen LogP contribution is 2.49. The Balaban J connectivity index is 1.53. The standard InChI is InChI=1S/C28H25N5O4S2/c1-36-17-11-12-23(37-2)18(13-17)24-19(14-29)26(30)33(20-9-6-10-21(34)25(20)24)27-31-32-28(39-27)38-15-22(35)16-7-4-3-5-8-16/h3-5,7-8,11-13,24H,6,9-10,15,30H2,1-2H3. The van der Waals surface area contributed by atoms with Crippen LogP contribution < -0.4 is 20.1 Å². The summed E-state index contributed by atoms with van der Waals surface area (Å²) in [5.41, 5.74) is 9.34. The lowest BCUT2D eigenvalue weighted by Gasteiger charge is -2.38. The Labute approximate surface area is 233 Å². The van der Waals surface area contributed by atoms with E-state index >= 15 is 0 Å². The Morgan fingerprint density at radius 1 is 1.18 bits per heavy atom. The van der Waals surface area contributed by atoms with Gasteiger partial charge in [-0.25, -0.2) is 0 Å². The van der Waals surface area contributed by atoms with Gasteiger partial charge in [0.1, 0.15) is 17.3 Å². The Kier molecular flexibility index (Phi) is 7.67. The van der Waals surface area contributed by atoms with E-state index in [2.05, 4.69) is 16.3 Å². The van der Waals surface area contributed by atoms with Crippen LogP contribution >= 0.6 is 23.1 Å². The molecule has 2 aromatic carbocycles. The minimum absolute atomic E-state index is 0.0144. The van der Waals surface area contributed by atoms with Crippen molar-refractivity contribution < 1.29 is 19.1 Å². The molecule has 1 aliphatic carbocycles. The molecule has 0 amide bonds. The number of hydrogen-bond donors (Lipinski definition) is 1. The van der Waals surface area contributed by atoms with E-state index in [0.717, 1.165) is 0 Å². The fourth-order valence-corrected chi connectivity index (χ4v) is 6.64. The molecule has 0 fully saturated rings. The highest BCUT2D eigenvalue weighted by Gasteiger charge is 2.42. The third kappa shape index (κ3) is 5.01. The van der Waals surface area contributed by atoms with Gasteiger partial charge >= 0.3 is 0 Å². The van der Waals surface area contributed by atoms with Gasteiger partial charge < -0.3 is 15.2 Å². The monoisotopic (exact) mass is 559 g/mol. The first-order valence-corrected chi connectivity index (χ1v) is 14.0. The number of anilines is 1. The molecule has 39 heavy (non-hydrogen) atoms. The van der Waals surface area contributed by atoms with Crippen molar-refractivity contribution >= 4 is 39.8 Å². The van der Waals surface area contributed by atoms with Gasteiger partial charge in [-0.3, -0.25) is 14.5 Å². The lowest BCUT2D eigenvalue weighted by Crippen LogP contribution is -2.38. The van der Waals surface area contributed by atoms with Crippen molar-refractivity contribution in [2.45, 2.75) is 29.5 Å². The molecule has 2 N–H and O–H groups in total. The van der Waals surface area contributed by atoms with E-state index < -0.39 is 5.92 Å². The number of hydrogen-bond acceptors (Lipinski definition) is 11. The topological polar surface area (TPSA) is 131 Å². The predicted molar refractivity (Wildman–Crippen MR) is 149 cm³/mol. The summed E-state index contributed by atoms with van der Waals surface area (Å²) in [6.45, 7) is 0. The van der Waals surface area contributed by atoms with Crippen molar-refractivity contribution in [2.24, 2.45) is 5.73 Å². The molecule has 1 atom stereocenters. The number of carbonyl (C=O) groups is 2. The van der Waals surface area contributed by atoms with Gasteiger partial charge in [0.25, 0.3) is 0 Å². The summed E-state index contributed by atoms with van der Waals surface area (Å²) < 4.78 is 11.6. The fourth-order valence-electron chi connectivity index (χ4n) is 4.87. The number of Topliss-reactive ketones (excluding diaryl/α,β-unsaturated/α-hetero) is 2. The molecule has 0 spiro atoms. The van der Waals surface area contributed by atoms with Crippen LogP contribution in [0.25, 0.3) is 0 Å². The Bertz CT molecular complexity index is 1540. The van der Waals surface area contributed by atoms with Gasteiger partial charge in [0.15, 0.2) is 15.9 Å². The van der Waals surface area contributed by atoms with Crippen LogP contribution in [0.5, 0.6) is 11.5 Å². The van der Waals surface area contributed by atoms with Crippen LogP contribution in [0.1, 0.15) is 41.1 Å². The van der Waals surface area contributed by atoms with E-state index in [1.807, 2.05) is 18.2 Å². The number of ketones is 2. The molecule has 1 aromatic heterocycles. The number of nitrogens with two attached hydrogens (primary N) is 1. The van der Waals surface area contributed by atoms with Crippen LogP contribution in [0.3, 0.4) is 0 Å². The summed E-state index contributed by atoms with van der Waals surface area (Å²) in [4.78, 5) is 27.7. The molecule has 1 aliphatic heterocycles. The zero-order valence-corrected chi connectivity index (χ0v) is 23.0. The average molecular weight is 560 g/mol. The van der Waals surface area contributed by atoms with Crippen LogP contribution in [0.2, 0.25) is 0 Å². The quantitative estimate of drug-likeness (QED) is 0.302. The predicted octanol–water partition coefficient (Wildman–Crippen LogP) is 4.84. The normalized spacial score (nSPS) is 17.1. The summed E-state index contributed by atoms with van der Waals surface area (Å²) in [5, 5.41) is 19.3. The number of nitrogens with zero attached hydrogens (tertiary/aromatic N) is 4. The molecule has 0 saturated heterocycles. The lowest BCUT2D eigenvalue weighted by atomic mass is 9.75. The average Bonchev–Trinajstić information content (AvgIpc) is 3.44. The molecule has 2 heterocycles. The maximum atomic E-state index is 13.4. The van der Waals surface area contributed by atoms with E-state index in [-0.39, 0.29) is 28.7 Å². The van der Waals surface area contributed by atoms with Crippen molar-refractivity contribution in [3.63, 3.8) is 0 Å². The zero-order chi connectivity index (χ0) is 27.5. The van der Waals surface area contributed by atoms with Gasteiger partial charge in [-0.1, -0.05) is 53.4 Å². The second kappa shape index (κ2) is 11.3. The molecule has 5 rings (SSSR count). The summed E-state index contributed by atoms with van der Waals surface area (Å²) in [5.74, 6) is 0.724. The number of thioether (sulfide) groups is 1. The van der Waals surface area contributed by atoms with E-state index in [4.69, 9.17) is 15.2 Å². The van der Waals surface area contributed by atoms with Gasteiger partial charge in [-0.15, -0.1) is 10.2 Å². The van der Waals surface area contributed by atoms with Crippen molar-refractivity contribution in [1.29, 1.82) is 5.26 Å². The molecule has 0 radical (unpaired) electrons. The summed E-state index contributed by atoms with van der Waals surface area (Å²) in [6.07, 6.45) is 1.60. The number of allylic oxidation sites excluding steroid dienone is 3. The SMILES string of the molecule is COc1ccc(OC)c(C2C(C#N)=C(N)N(c3nnc(SCC(=O)c4ccccc4)s3)C3=C2C(=O)CCC3)c1. The van der Waals surface area contributed by atoms with Crippen LogP contribution in [-0.2, 0) is 4.79 Å². The molecule has 2 aliphatic rings. The Hall–Kier alpha value is -4.14. The van der Waals surface area contributed by atoms with Crippen molar-refractivity contribution in [3.8, 4) is 17.6 Å². The summed E-state index contributed by atoms with van der Waals surface area (Å²) in [7, 11) is 3.10. The second-order valence-electron chi connectivity index (χ2n) is 8.85. The highest BCUT2D eigenvalue weighted by atomic mass is 32.2. The first-order chi connectivity index (χ1) is 19.0. The van der Waals surface area contributed by atoms with Gasteiger partial charge in [0, 0.05) is 28.8 Å². The maximum Gasteiger partial charge on any atom is 0.219 e. The molecule has 9 nitrogen and oxygen atoms in total. The summed E-state index contributed by atoms with van der Waals surface area (Å²) >= 11 is 2.55. The van der Waals surface area contributed by atoms with Gasteiger partial charge in [0.2, 0.25) is 5.13 Å². The largest absolute Gasteiger partial charge is 0.497 e. The van der Waals surface area contributed by atoms with Crippen LogP contribution in [0.4, 0.5) is 5.13 Å². The minimum Gasteiger partial charge on any atom is -0.497 e. The van der Waals surface area contributed by atoms with E-state index in [1.54, 1.807) is 49.5 Å². The number of rotatable bonds is 8. The second-order valence-corrected chi connectivity index (χ2v) is 11.0. The van der Waals surface area contributed by atoms with Crippen LogP contribution in [0.15, 0.2) is 75.5 Å². The van der Waals surface area contributed by atoms with Crippen LogP contribution in [0, 0.1) is 11.3 Å². The molecule has 198 valence electrons. The van der Waals surface area contributed by atoms with Gasteiger partial charge in [0.05, 0.1) is 37.5 Å². The zero-order valence-electron chi connectivity index (χ0n) is 21.3. The molecular formula is C28H25N5O4S2. The van der Waals surface area contributed by atoms with Crippen molar-refractivity contribution in [2.75, 3.05) is 24.9 Å². The van der Waals surface area contributed by atoms with E-state index in [9.17, 15) is 14.9 Å². The number of methoxy groups -OCH3 is 2. The van der Waals surface area contributed by atoms with Gasteiger partial charge in [-0.05, 0) is 31.0 Å². The number of carbonyl (C=O) groups excluding carboxylic acids is 2. The Morgan fingerprint density at radius 3 is 2.69 bits per heavy atom. The first kappa shape index (κ1) is 26.5. The molecule has 1 unspecified atom stereocenters. The number of benzene rings is 2. The lowest BCUT2D eigenvalue weighted by molar-refractivity contribution is -0.116. The third-order valence-electron chi connectivity index (χ3n) is 6.67. The van der Waals surface area contributed by atoms with Crippen molar-refractivity contribution in [3.05, 3.63) is 82.3 Å². The number of aromatic nitrogens is 2. The highest BCUT2D eigenvalue weighted by molar-refractivity contribution is 8.01. The smallest absolute Gasteiger partial charge is 0.219 e. The molecule has 0 bridgehead atoms.